The van der Waals surface area contributed by atoms with Crippen molar-refractivity contribution >= 4 is 29.0 Å². The van der Waals surface area contributed by atoms with E-state index in [2.05, 4.69) is 20.4 Å². The highest BCUT2D eigenvalue weighted by atomic mass is 16.2. The Morgan fingerprint density at radius 3 is 2.71 bits per heavy atom. The van der Waals surface area contributed by atoms with Crippen LogP contribution in [-0.2, 0) is 22.4 Å². The van der Waals surface area contributed by atoms with Gasteiger partial charge >= 0.3 is 0 Å². The summed E-state index contributed by atoms with van der Waals surface area (Å²) < 4.78 is 1.87. The summed E-state index contributed by atoms with van der Waals surface area (Å²) in [4.78, 5) is 28.5. The Morgan fingerprint density at radius 1 is 1.06 bits per heavy atom. The van der Waals surface area contributed by atoms with Gasteiger partial charge in [0.1, 0.15) is 5.82 Å². The number of nitrogens with one attached hydrogen (secondary N) is 1. The van der Waals surface area contributed by atoms with E-state index >= 15 is 0 Å². The summed E-state index contributed by atoms with van der Waals surface area (Å²) in [7, 11) is 0. The third-order valence-electron chi connectivity index (χ3n) is 6.33. The number of aromatic nitrogens is 4. The first-order chi connectivity index (χ1) is 15.1. The van der Waals surface area contributed by atoms with Gasteiger partial charge in [-0.3, -0.25) is 9.59 Å². The molecule has 1 aromatic carbocycles. The highest BCUT2D eigenvalue weighted by Crippen LogP contribution is 2.38. The summed E-state index contributed by atoms with van der Waals surface area (Å²) in [5.41, 5.74) is 3.55. The molecule has 0 unspecified atom stereocenters. The van der Waals surface area contributed by atoms with E-state index < -0.39 is 0 Å². The highest BCUT2D eigenvalue weighted by molar-refractivity contribution is 5.99. The van der Waals surface area contributed by atoms with Crippen molar-refractivity contribution in [1.82, 2.24) is 24.7 Å². The largest absolute Gasteiger partial charge is 0.352 e. The van der Waals surface area contributed by atoms with Crippen molar-refractivity contribution in [1.29, 1.82) is 0 Å². The van der Waals surface area contributed by atoms with Crippen LogP contribution in [0.5, 0.6) is 0 Å². The van der Waals surface area contributed by atoms with Crippen molar-refractivity contribution in [2.24, 2.45) is 0 Å². The number of piperazine rings is 1. The zero-order valence-electron chi connectivity index (χ0n) is 17.1. The van der Waals surface area contributed by atoms with E-state index in [4.69, 9.17) is 5.10 Å². The van der Waals surface area contributed by atoms with E-state index in [1.54, 1.807) is 0 Å². The van der Waals surface area contributed by atoms with E-state index in [1.165, 1.54) is 0 Å². The zero-order chi connectivity index (χ0) is 20.9. The number of hydrogen-bond donors (Lipinski definition) is 1. The smallest absolute Gasteiger partial charge is 0.228 e. The molecule has 31 heavy (non-hydrogen) atoms. The summed E-state index contributed by atoms with van der Waals surface area (Å²) in [6.45, 7) is 2.81. The van der Waals surface area contributed by atoms with Gasteiger partial charge in [-0.15, -0.1) is 15.3 Å². The van der Waals surface area contributed by atoms with Crippen molar-refractivity contribution in [3.05, 3.63) is 47.3 Å². The lowest BCUT2D eigenvalue weighted by atomic mass is 10.1. The molecule has 3 aliphatic rings. The Balaban J connectivity index is 1.10. The third kappa shape index (κ3) is 3.39. The molecule has 1 saturated carbocycles. The van der Waals surface area contributed by atoms with Gasteiger partial charge in [-0.05, 0) is 42.2 Å². The first kappa shape index (κ1) is 18.3. The first-order valence-electron chi connectivity index (χ1n) is 10.8. The number of benzene rings is 1. The fraction of sp³-hybridized carbons (Fsp3) is 0.409. The first-order valence-corrected chi connectivity index (χ1v) is 10.8. The molecule has 9 nitrogen and oxygen atoms in total. The molecule has 2 aromatic heterocycles. The van der Waals surface area contributed by atoms with Crippen molar-refractivity contribution in [3.8, 4) is 0 Å². The second kappa shape index (κ2) is 7.04. The number of hydrogen-bond acceptors (Lipinski definition) is 6. The third-order valence-corrected chi connectivity index (χ3v) is 6.33. The van der Waals surface area contributed by atoms with Gasteiger partial charge in [0.05, 0.1) is 12.8 Å². The monoisotopic (exact) mass is 417 g/mol. The Hall–Kier alpha value is -3.49. The summed E-state index contributed by atoms with van der Waals surface area (Å²) in [5.74, 6) is 2.46. The number of amides is 2. The SMILES string of the molecule is O=C1Cc2ccc(CC(=O)N3CCN(c4ccc5nnc(C6CC6)n5n4)CC3)cc2N1. The molecule has 4 heterocycles. The molecule has 1 N–H and O–H groups in total. The van der Waals surface area contributed by atoms with Gasteiger partial charge in [-0.1, -0.05) is 12.1 Å². The van der Waals surface area contributed by atoms with E-state index in [0.717, 1.165) is 60.0 Å². The zero-order valence-corrected chi connectivity index (χ0v) is 17.1. The van der Waals surface area contributed by atoms with Crippen LogP contribution in [0.4, 0.5) is 11.5 Å². The summed E-state index contributed by atoms with van der Waals surface area (Å²) in [6.07, 6.45) is 3.08. The molecular formula is C22H23N7O2. The number of carbonyl (C=O) groups is 2. The van der Waals surface area contributed by atoms with Gasteiger partial charge in [0, 0.05) is 37.8 Å². The number of rotatable bonds is 4. The second-order valence-corrected chi connectivity index (χ2v) is 8.56. The maximum atomic E-state index is 12.8. The van der Waals surface area contributed by atoms with Crippen LogP contribution in [-0.4, -0.2) is 62.7 Å². The van der Waals surface area contributed by atoms with Crippen LogP contribution in [0.15, 0.2) is 30.3 Å². The Kier molecular flexibility index (Phi) is 4.15. The van der Waals surface area contributed by atoms with Crippen LogP contribution < -0.4 is 10.2 Å². The molecule has 6 rings (SSSR count). The fourth-order valence-electron chi connectivity index (χ4n) is 4.40. The maximum absolute atomic E-state index is 12.8. The average Bonchev–Trinajstić information content (AvgIpc) is 3.42. The van der Waals surface area contributed by atoms with Crippen molar-refractivity contribution in [2.75, 3.05) is 36.4 Å². The molecule has 3 aromatic rings. The number of fused-ring (bicyclic) bond motifs is 2. The minimum absolute atomic E-state index is 0.0112. The summed E-state index contributed by atoms with van der Waals surface area (Å²) in [6, 6.07) is 9.76. The minimum atomic E-state index is 0.0112. The predicted octanol–water partition coefficient (Wildman–Crippen LogP) is 1.39. The van der Waals surface area contributed by atoms with Crippen LogP contribution in [0.25, 0.3) is 5.65 Å². The van der Waals surface area contributed by atoms with Crippen LogP contribution >= 0.6 is 0 Å². The molecule has 2 aliphatic heterocycles. The van der Waals surface area contributed by atoms with Crippen LogP contribution in [0, 0.1) is 0 Å². The molecule has 9 heteroatoms. The van der Waals surface area contributed by atoms with Gasteiger partial charge in [0.25, 0.3) is 0 Å². The molecule has 1 aliphatic carbocycles. The van der Waals surface area contributed by atoms with Gasteiger partial charge in [-0.2, -0.15) is 4.52 Å². The lowest BCUT2D eigenvalue weighted by Gasteiger charge is -2.35. The van der Waals surface area contributed by atoms with Gasteiger partial charge in [-0.25, -0.2) is 0 Å². The normalized spacial score (nSPS) is 18.4. The predicted molar refractivity (Wildman–Crippen MR) is 114 cm³/mol. The molecule has 158 valence electrons. The Bertz CT molecular complexity index is 1190. The minimum Gasteiger partial charge on any atom is -0.352 e. The van der Waals surface area contributed by atoms with E-state index in [9.17, 15) is 9.59 Å². The number of carbonyl (C=O) groups excluding carboxylic acids is 2. The summed E-state index contributed by atoms with van der Waals surface area (Å²) >= 11 is 0. The quantitative estimate of drug-likeness (QED) is 0.689. The van der Waals surface area contributed by atoms with E-state index in [0.29, 0.717) is 31.8 Å². The lowest BCUT2D eigenvalue weighted by molar-refractivity contribution is -0.130. The van der Waals surface area contributed by atoms with Gasteiger partial charge in [0.15, 0.2) is 11.5 Å². The number of anilines is 2. The molecule has 0 atom stereocenters. The van der Waals surface area contributed by atoms with Crippen LogP contribution in [0.2, 0.25) is 0 Å². The molecular weight excluding hydrogens is 394 g/mol. The van der Waals surface area contributed by atoms with Crippen molar-refractivity contribution in [2.45, 2.75) is 31.6 Å². The Morgan fingerprint density at radius 2 is 1.90 bits per heavy atom. The standard InChI is InChI=1S/C22H23N7O2/c30-20-13-16-2-1-14(11-17(16)23-20)12-21(31)28-9-7-27(8-10-28)19-6-5-18-24-25-22(15-3-4-15)29(18)26-19/h1-2,5-6,11,15H,3-4,7-10,12-13H2,(H,23,30). The molecule has 0 bridgehead atoms. The Labute approximate surface area is 179 Å². The second-order valence-electron chi connectivity index (χ2n) is 8.56. The molecule has 0 spiro atoms. The van der Waals surface area contributed by atoms with Crippen molar-refractivity contribution < 1.29 is 9.59 Å². The maximum Gasteiger partial charge on any atom is 0.228 e. The van der Waals surface area contributed by atoms with Crippen LogP contribution in [0.3, 0.4) is 0 Å². The van der Waals surface area contributed by atoms with Gasteiger partial charge in [0.2, 0.25) is 11.8 Å². The van der Waals surface area contributed by atoms with Crippen LogP contribution in [0.1, 0.15) is 35.7 Å². The molecule has 1 saturated heterocycles. The molecule has 0 radical (unpaired) electrons. The molecule has 2 fully saturated rings. The fourth-order valence-corrected chi connectivity index (χ4v) is 4.40. The van der Waals surface area contributed by atoms with E-state index in [-0.39, 0.29) is 11.8 Å². The van der Waals surface area contributed by atoms with Crippen molar-refractivity contribution in [3.63, 3.8) is 0 Å². The topological polar surface area (TPSA) is 95.7 Å². The van der Waals surface area contributed by atoms with Gasteiger partial charge < -0.3 is 15.1 Å². The average molecular weight is 417 g/mol. The lowest BCUT2D eigenvalue weighted by Crippen LogP contribution is -2.49. The number of nitrogens with zero attached hydrogens (tertiary/aromatic N) is 6. The van der Waals surface area contributed by atoms with E-state index in [1.807, 2.05) is 39.7 Å². The summed E-state index contributed by atoms with van der Waals surface area (Å²) in [5, 5.41) is 16.2. The highest BCUT2D eigenvalue weighted by Gasteiger charge is 2.30. The molecule has 2 amide bonds.